The van der Waals surface area contributed by atoms with Gasteiger partial charge in [0, 0.05) is 35.9 Å². The van der Waals surface area contributed by atoms with Crippen molar-refractivity contribution in [2.45, 2.75) is 13.8 Å². The number of nitrogens with zero attached hydrogens (tertiary/aromatic N) is 2. The van der Waals surface area contributed by atoms with Gasteiger partial charge in [0.05, 0.1) is 0 Å². The number of rotatable bonds is 4. The highest BCUT2D eigenvalue weighted by Crippen LogP contribution is 2.44. The smallest absolute Gasteiger partial charge is 0.0349 e. The van der Waals surface area contributed by atoms with Gasteiger partial charge in [0.15, 0.2) is 0 Å². The first-order chi connectivity index (χ1) is 19.7. The van der Waals surface area contributed by atoms with Gasteiger partial charge >= 0.3 is 0 Å². The topological polar surface area (TPSA) is 25.8 Å². The van der Waals surface area contributed by atoms with Crippen molar-refractivity contribution in [2.75, 3.05) is 0 Å². The number of hydrogen-bond donors (Lipinski definition) is 0. The molecule has 0 spiro atoms. The molecule has 40 heavy (non-hydrogen) atoms. The van der Waals surface area contributed by atoms with Gasteiger partial charge in [0.2, 0.25) is 0 Å². The molecule has 2 nitrogen and oxygen atoms in total. The van der Waals surface area contributed by atoms with E-state index in [1.54, 1.807) is 0 Å². The summed E-state index contributed by atoms with van der Waals surface area (Å²) in [5, 5.41) is 5.01. The summed E-state index contributed by atoms with van der Waals surface area (Å²) >= 11 is 0. The molecule has 0 fully saturated rings. The first-order valence-corrected chi connectivity index (χ1v) is 13.6. The Morgan fingerprint density at radius 3 is 1.65 bits per heavy atom. The second-order valence-electron chi connectivity index (χ2n) is 10.4. The maximum absolute atomic E-state index is 4.43. The molecule has 2 heteroatoms. The van der Waals surface area contributed by atoms with E-state index in [1.165, 1.54) is 66.1 Å². The largest absolute Gasteiger partial charge is 0.264 e. The van der Waals surface area contributed by atoms with Crippen molar-refractivity contribution in [3.05, 3.63) is 145 Å². The summed E-state index contributed by atoms with van der Waals surface area (Å²) in [5.41, 5.74) is 12.0. The van der Waals surface area contributed by atoms with E-state index < -0.39 is 0 Å². The predicted molar refractivity (Wildman–Crippen MR) is 168 cm³/mol. The molecule has 0 atom stereocenters. The number of aromatic nitrogens is 2. The van der Waals surface area contributed by atoms with Crippen LogP contribution in [0.15, 0.2) is 134 Å². The second-order valence-corrected chi connectivity index (χ2v) is 10.4. The van der Waals surface area contributed by atoms with Crippen LogP contribution in [0.3, 0.4) is 0 Å². The molecule has 0 bridgehead atoms. The maximum atomic E-state index is 4.43. The summed E-state index contributed by atoms with van der Waals surface area (Å²) < 4.78 is 0. The molecule has 0 aliphatic heterocycles. The first kappa shape index (κ1) is 24.0. The van der Waals surface area contributed by atoms with E-state index in [0.717, 1.165) is 11.1 Å². The molecular formula is C38H28N2. The lowest BCUT2D eigenvalue weighted by Crippen LogP contribution is -1.92. The maximum Gasteiger partial charge on any atom is 0.0349 e. The minimum absolute atomic E-state index is 1.14. The van der Waals surface area contributed by atoms with E-state index in [0.29, 0.717) is 0 Å². The Bertz CT molecular complexity index is 1960. The van der Waals surface area contributed by atoms with Crippen molar-refractivity contribution in [2.24, 2.45) is 0 Å². The minimum Gasteiger partial charge on any atom is -0.264 e. The third-order valence-electron chi connectivity index (χ3n) is 7.81. The molecule has 5 aromatic carbocycles. The fourth-order valence-corrected chi connectivity index (χ4v) is 5.90. The Hall–Kier alpha value is -5.08. The Balaban J connectivity index is 1.45. The summed E-state index contributed by atoms with van der Waals surface area (Å²) in [4.78, 5) is 8.78. The highest BCUT2D eigenvalue weighted by molar-refractivity contribution is 6.21. The fraction of sp³-hybridized carbons (Fsp3) is 0.0526. The summed E-state index contributed by atoms with van der Waals surface area (Å²) in [6, 6.07) is 39.7. The molecule has 0 saturated carbocycles. The molecule has 0 radical (unpaired) electrons. The normalized spacial score (nSPS) is 11.2. The van der Waals surface area contributed by atoms with E-state index >= 15 is 0 Å². The van der Waals surface area contributed by atoms with Crippen molar-refractivity contribution in [3.63, 3.8) is 0 Å². The van der Waals surface area contributed by atoms with Gasteiger partial charge in [-0.1, -0.05) is 91.0 Å². The zero-order chi connectivity index (χ0) is 27.1. The van der Waals surface area contributed by atoms with Crippen LogP contribution in [-0.4, -0.2) is 9.97 Å². The van der Waals surface area contributed by atoms with Gasteiger partial charge in [-0.3, -0.25) is 9.97 Å². The first-order valence-electron chi connectivity index (χ1n) is 13.6. The van der Waals surface area contributed by atoms with Gasteiger partial charge in [-0.25, -0.2) is 0 Å². The number of aryl methyl sites for hydroxylation is 2. The molecule has 2 aromatic heterocycles. The van der Waals surface area contributed by atoms with Crippen molar-refractivity contribution in [1.29, 1.82) is 0 Å². The van der Waals surface area contributed by atoms with E-state index in [-0.39, 0.29) is 0 Å². The molecule has 2 heterocycles. The molecule has 0 N–H and O–H groups in total. The zero-order valence-electron chi connectivity index (χ0n) is 22.6. The number of fused-ring (bicyclic) bond motifs is 2. The van der Waals surface area contributed by atoms with Crippen LogP contribution in [0.2, 0.25) is 0 Å². The van der Waals surface area contributed by atoms with Crippen LogP contribution < -0.4 is 0 Å². The fourth-order valence-electron chi connectivity index (χ4n) is 5.90. The lowest BCUT2D eigenvalue weighted by Gasteiger charge is -2.18. The lowest BCUT2D eigenvalue weighted by molar-refractivity contribution is 1.27. The quantitative estimate of drug-likeness (QED) is 0.219. The van der Waals surface area contributed by atoms with E-state index in [4.69, 9.17) is 0 Å². The van der Waals surface area contributed by atoms with Crippen LogP contribution >= 0.6 is 0 Å². The molecule has 0 amide bonds. The summed E-state index contributed by atoms with van der Waals surface area (Å²) in [6.45, 7) is 4.22. The van der Waals surface area contributed by atoms with Gasteiger partial charge in [-0.2, -0.15) is 0 Å². The zero-order valence-corrected chi connectivity index (χ0v) is 22.6. The van der Waals surface area contributed by atoms with Crippen molar-refractivity contribution >= 4 is 21.5 Å². The highest BCUT2D eigenvalue weighted by Gasteiger charge is 2.17. The van der Waals surface area contributed by atoms with Gasteiger partial charge in [-0.15, -0.1) is 0 Å². The Morgan fingerprint density at radius 2 is 1.02 bits per heavy atom. The average molecular weight is 513 g/mol. The molecular weight excluding hydrogens is 484 g/mol. The van der Waals surface area contributed by atoms with Crippen LogP contribution in [-0.2, 0) is 0 Å². The van der Waals surface area contributed by atoms with E-state index in [2.05, 4.69) is 133 Å². The number of benzene rings is 5. The van der Waals surface area contributed by atoms with Gasteiger partial charge in [0.25, 0.3) is 0 Å². The average Bonchev–Trinajstić information content (AvgIpc) is 3.00. The van der Waals surface area contributed by atoms with Gasteiger partial charge < -0.3 is 0 Å². The molecule has 0 saturated heterocycles. The predicted octanol–water partition coefficient (Wildman–Crippen LogP) is 10.1. The minimum atomic E-state index is 1.14. The van der Waals surface area contributed by atoms with Crippen molar-refractivity contribution in [1.82, 2.24) is 9.97 Å². The molecule has 0 aliphatic rings. The molecule has 7 rings (SSSR count). The van der Waals surface area contributed by atoms with Crippen LogP contribution in [0, 0.1) is 13.8 Å². The molecule has 0 unspecified atom stereocenters. The van der Waals surface area contributed by atoms with Crippen molar-refractivity contribution < 1.29 is 0 Å². The molecule has 190 valence electrons. The Labute approximate surface area is 234 Å². The highest BCUT2D eigenvalue weighted by atomic mass is 14.6. The van der Waals surface area contributed by atoms with Gasteiger partial charge in [-0.05, 0) is 98.1 Å². The van der Waals surface area contributed by atoms with Gasteiger partial charge in [0.1, 0.15) is 0 Å². The Morgan fingerprint density at radius 1 is 0.425 bits per heavy atom. The van der Waals surface area contributed by atoms with Crippen molar-refractivity contribution in [3.8, 4) is 44.5 Å². The van der Waals surface area contributed by atoms with E-state index in [9.17, 15) is 0 Å². The molecule has 7 aromatic rings. The summed E-state index contributed by atoms with van der Waals surface area (Å²) in [6.07, 6.45) is 7.64. The van der Waals surface area contributed by atoms with Crippen LogP contribution in [0.5, 0.6) is 0 Å². The second kappa shape index (κ2) is 9.91. The van der Waals surface area contributed by atoms with Crippen LogP contribution in [0.4, 0.5) is 0 Å². The molecule has 0 aliphatic carbocycles. The standard InChI is InChI=1S/C38H28N2/c1-25-20-31(23-40-22-25)29-8-7-9-30(21-29)38-34-12-5-3-10-32(34)37(33-11-4-6-13-35(33)38)28-16-14-27(15-17-28)36-24-39-19-18-26(36)2/h3-24H,1-2H3. The number of hydrogen-bond acceptors (Lipinski definition) is 2. The third kappa shape index (κ3) is 4.15. The summed E-state index contributed by atoms with van der Waals surface area (Å²) in [5.74, 6) is 0. The monoisotopic (exact) mass is 512 g/mol. The van der Waals surface area contributed by atoms with E-state index in [1.807, 2.05) is 24.8 Å². The third-order valence-corrected chi connectivity index (χ3v) is 7.81. The van der Waals surface area contributed by atoms with Crippen LogP contribution in [0.1, 0.15) is 11.1 Å². The number of pyridine rings is 2. The SMILES string of the molecule is Cc1cncc(-c2cccc(-c3c4ccccc4c(-c4ccc(-c5cnccc5C)cc4)c4ccccc34)c2)c1. The lowest BCUT2D eigenvalue weighted by atomic mass is 9.85. The summed E-state index contributed by atoms with van der Waals surface area (Å²) in [7, 11) is 0. The Kier molecular flexibility index (Phi) is 5.94. The van der Waals surface area contributed by atoms with Crippen LogP contribution in [0.25, 0.3) is 66.1 Å².